The number of pyridine rings is 2. The van der Waals surface area contributed by atoms with E-state index in [1.54, 1.807) is 19.1 Å². The number of H-pyrrole nitrogens is 1. The van der Waals surface area contributed by atoms with Crippen molar-refractivity contribution in [2.75, 3.05) is 0 Å². The van der Waals surface area contributed by atoms with Crippen LogP contribution in [-0.4, -0.2) is 46.0 Å². The van der Waals surface area contributed by atoms with Crippen molar-refractivity contribution in [3.63, 3.8) is 0 Å². The van der Waals surface area contributed by atoms with Crippen molar-refractivity contribution >= 4 is 11.6 Å². The third-order valence-electron chi connectivity index (χ3n) is 9.54. The average molecular weight is 742 g/mol. The number of carbonyl (C=O) groups excluding carboxylic acids is 1. The van der Waals surface area contributed by atoms with Gasteiger partial charge in [0.2, 0.25) is 5.91 Å². The first-order chi connectivity index (χ1) is 24.8. The van der Waals surface area contributed by atoms with Gasteiger partial charge in [-0.1, -0.05) is 5.92 Å². The third-order valence-corrected chi connectivity index (χ3v) is 9.54. The van der Waals surface area contributed by atoms with Crippen LogP contribution in [0, 0.1) is 36.3 Å². The van der Waals surface area contributed by atoms with Crippen LogP contribution in [0.1, 0.15) is 78.2 Å². The number of carbonyl (C=O) groups is 1. The van der Waals surface area contributed by atoms with E-state index in [2.05, 4.69) is 37.4 Å². The van der Waals surface area contributed by atoms with Gasteiger partial charge in [0.15, 0.2) is 11.3 Å². The van der Waals surface area contributed by atoms with Crippen LogP contribution in [0.5, 0.6) is 0 Å². The highest BCUT2D eigenvalue weighted by Gasteiger charge is 2.63. The summed E-state index contributed by atoms with van der Waals surface area (Å²) in [7, 11) is 0. The molecule has 0 radical (unpaired) electrons. The number of aryl methyl sites for hydroxylation is 1. The van der Waals surface area contributed by atoms with E-state index in [0.29, 0.717) is 27.6 Å². The summed E-state index contributed by atoms with van der Waals surface area (Å²) in [6.07, 6.45) is -5.27. The van der Waals surface area contributed by atoms with Crippen molar-refractivity contribution in [2.24, 2.45) is 5.92 Å². The third kappa shape index (κ3) is 6.56. The van der Waals surface area contributed by atoms with Crippen LogP contribution < -0.4 is 11.0 Å². The average Bonchev–Trinajstić information content (AvgIpc) is 3.63. The second-order valence-electron chi connectivity index (χ2n) is 13.8. The fourth-order valence-electron chi connectivity index (χ4n) is 7.20. The van der Waals surface area contributed by atoms with Gasteiger partial charge in [0.1, 0.15) is 35.2 Å². The van der Waals surface area contributed by atoms with Crippen LogP contribution >= 0.6 is 0 Å². The number of amides is 1. The topological polar surface area (TPSA) is 130 Å². The van der Waals surface area contributed by atoms with Crippen LogP contribution in [0.2, 0.25) is 0 Å². The predicted octanol–water partition coefficient (Wildman–Crippen LogP) is 5.71. The largest absolute Gasteiger partial charge is 0.435 e. The fourth-order valence-corrected chi connectivity index (χ4v) is 7.20. The molecule has 5 aromatic rings. The molecule has 276 valence electrons. The molecule has 1 aromatic carbocycles. The molecule has 3 atom stereocenters. The Labute approximate surface area is 296 Å². The van der Waals surface area contributed by atoms with E-state index in [1.807, 2.05) is 0 Å². The first kappa shape index (κ1) is 35.9. The van der Waals surface area contributed by atoms with Crippen LogP contribution in [0.4, 0.5) is 30.7 Å². The van der Waals surface area contributed by atoms with Crippen molar-refractivity contribution < 1.29 is 40.6 Å². The van der Waals surface area contributed by atoms with Gasteiger partial charge in [0.25, 0.3) is 5.92 Å². The Morgan fingerprint density at radius 3 is 2.43 bits per heavy atom. The molecule has 0 unspecified atom stereocenters. The van der Waals surface area contributed by atoms with E-state index >= 15 is 8.78 Å². The molecular weight excluding hydrogens is 711 g/mol. The number of nitrogens with zero attached hydrogens (tertiary/aromatic N) is 5. The number of halogens is 7. The van der Waals surface area contributed by atoms with Gasteiger partial charge in [0, 0.05) is 34.4 Å². The number of rotatable bonds is 7. The van der Waals surface area contributed by atoms with Gasteiger partial charge >= 0.3 is 11.9 Å². The highest BCUT2D eigenvalue weighted by molar-refractivity contribution is 5.78. The maximum Gasteiger partial charge on any atom is 0.435 e. The van der Waals surface area contributed by atoms with Crippen LogP contribution in [0.15, 0.2) is 47.3 Å². The number of alkyl halides is 5. The molecule has 17 heteroatoms. The maximum absolute atomic E-state index is 15.5. The molecule has 0 spiro atoms. The smallest absolute Gasteiger partial charge is 0.378 e. The molecule has 2 aliphatic rings. The molecule has 7 rings (SSSR count). The number of hydrogen-bond acceptors (Lipinski definition) is 6. The molecule has 0 saturated heterocycles. The number of hydrogen-bond donors (Lipinski definition) is 3. The quantitative estimate of drug-likeness (QED) is 0.145. The van der Waals surface area contributed by atoms with Crippen LogP contribution in [0.3, 0.4) is 0 Å². The molecule has 0 aliphatic heterocycles. The summed E-state index contributed by atoms with van der Waals surface area (Å²) in [5.74, 6) is -3.64. The number of aromatic amines is 1. The lowest BCUT2D eigenvalue weighted by Crippen LogP contribution is -2.36. The van der Waals surface area contributed by atoms with Gasteiger partial charge in [-0.2, -0.15) is 32.1 Å². The minimum atomic E-state index is -5.06. The van der Waals surface area contributed by atoms with Gasteiger partial charge in [-0.15, -0.1) is 0 Å². The molecule has 1 saturated carbocycles. The second-order valence-corrected chi connectivity index (χ2v) is 13.8. The van der Waals surface area contributed by atoms with Gasteiger partial charge in [-0.05, 0) is 93.8 Å². The van der Waals surface area contributed by atoms with E-state index in [9.17, 15) is 36.6 Å². The van der Waals surface area contributed by atoms with E-state index in [0.717, 1.165) is 12.1 Å². The molecule has 3 N–H and O–H groups in total. The lowest BCUT2D eigenvalue weighted by Gasteiger charge is -2.34. The summed E-state index contributed by atoms with van der Waals surface area (Å²) in [6, 6.07) is 7.56. The zero-order valence-electron chi connectivity index (χ0n) is 28.2. The Morgan fingerprint density at radius 1 is 1.09 bits per heavy atom. The summed E-state index contributed by atoms with van der Waals surface area (Å²) in [5.41, 5.74) is -3.52. The molecular formula is C36H30F7N7O3. The van der Waals surface area contributed by atoms with Crippen LogP contribution in [-0.2, 0) is 29.9 Å². The number of aromatic nitrogens is 6. The number of benzene rings is 1. The summed E-state index contributed by atoms with van der Waals surface area (Å²) in [5, 5.41) is 22.6. The Morgan fingerprint density at radius 2 is 1.79 bits per heavy atom. The molecule has 2 aliphatic carbocycles. The Hall–Kier alpha value is -5.50. The lowest BCUT2D eigenvalue weighted by atomic mass is 9.73. The maximum atomic E-state index is 15.5. The fraction of sp³-hybridized carbons (Fsp3) is 0.361. The second kappa shape index (κ2) is 12.6. The first-order valence-corrected chi connectivity index (χ1v) is 16.5. The number of nitrogens with one attached hydrogen (secondary N) is 2. The Kier molecular flexibility index (Phi) is 8.51. The predicted molar refractivity (Wildman–Crippen MR) is 174 cm³/mol. The summed E-state index contributed by atoms with van der Waals surface area (Å²) < 4.78 is 104. The van der Waals surface area contributed by atoms with Crippen molar-refractivity contribution in [2.45, 2.75) is 76.2 Å². The van der Waals surface area contributed by atoms with Crippen molar-refractivity contribution in [1.29, 1.82) is 0 Å². The Bertz CT molecular complexity index is 2390. The molecule has 4 aromatic heterocycles. The normalized spacial score (nSPS) is 18.2. The zero-order valence-corrected chi connectivity index (χ0v) is 28.2. The zero-order chi connectivity index (χ0) is 38.2. The minimum Gasteiger partial charge on any atom is -0.378 e. The summed E-state index contributed by atoms with van der Waals surface area (Å²) >= 11 is 0. The Balaban J connectivity index is 1.36. The number of aliphatic hydroxyl groups is 1. The highest BCUT2D eigenvalue weighted by Crippen LogP contribution is 2.64. The standard InChI is InChI=1S/C36H30F7N7O3/c1-17-22(7-9-27-46-47-33(52)50(17)27)23-5-4-21(10-11-34(2,3)53)44-30(23)26(14-18-12-19(37)15-20(38)13-18)45-28(51)16-49-32-29(31(48-49)36(41,42)43)24-6-8-25(24)35(32,39)40/h4-5,7,9,12-13,15,24-26,53H,6,8,14,16H2,1-3H3,(H,45,51)(H,47,52)/t24-,25+,26-/m0/s1. The van der Waals surface area contributed by atoms with Gasteiger partial charge in [0.05, 0.1) is 11.7 Å². The van der Waals surface area contributed by atoms with E-state index < -0.39 is 82.3 Å². The lowest BCUT2D eigenvalue weighted by molar-refractivity contribution is -0.144. The van der Waals surface area contributed by atoms with Crippen molar-refractivity contribution in [3.05, 3.63) is 104 Å². The molecule has 53 heavy (non-hydrogen) atoms. The van der Waals surface area contributed by atoms with Crippen molar-refractivity contribution in [1.82, 2.24) is 34.7 Å². The number of fused-ring (bicyclic) bond motifs is 4. The van der Waals surface area contributed by atoms with Gasteiger partial charge < -0.3 is 10.4 Å². The summed E-state index contributed by atoms with van der Waals surface area (Å²) in [4.78, 5) is 31.1. The monoisotopic (exact) mass is 741 g/mol. The van der Waals surface area contributed by atoms with Gasteiger partial charge in [-0.3, -0.25) is 9.48 Å². The van der Waals surface area contributed by atoms with E-state index in [1.165, 1.54) is 30.4 Å². The molecule has 1 amide bonds. The van der Waals surface area contributed by atoms with E-state index in [4.69, 9.17) is 0 Å². The first-order valence-electron chi connectivity index (χ1n) is 16.5. The minimum absolute atomic E-state index is 0.0133. The molecule has 0 bridgehead atoms. The van der Waals surface area contributed by atoms with Gasteiger partial charge in [-0.25, -0.2) is 28.1 Å². The highest BCUT2D eigenvalue weighted by atomic mass is 19.4. The SMILES string of the molecule is Cc1c(-c2ccc(C#CC(C)(C)O)nc2[C@H](Cc2cc(F)cc(F)c2)NC(=O)Cn2nc(C(F)(F)F)c3c2C(F)(F)[C@@H]2CC[C@H]32)ccc2n[nH]c(=O)n12. The van der Waals surface area contributed by atoms with Crippen molar-refractivity contribution in [3.8, 4) is 23.0 Å². The molecule has 10 nitrogen and oxygen atoms in total. The molecule has 4 heterocycles. The van der Waals surface area contributed by atoms with Crippen LogP contribution in [0.25, 0.3) is 16.8 Å². The summed E-state index contributed by atoms with van der Waals surface area (Å²) in [6.45, 7) is 3.43. The van der Waals surface area contributed by atoms with E-state index in [-0.39, 0.29) is 41.9 Å². The molecule has 1 fully saturated rings.